The van der Waals surface area contributed by atoms with Gasteiger partial charge in [-0.3, -0.25) is 9.59 Å². The molecule has 3 aromatic rings. The molecule has 0 atom stereocenters. The van der Waals surface area contributed by atoms with Crippen LogP contribution in [0.1, 0.15) is 15.9 Å². The fourth-order valence-electron chi connectivity index (χ4n) is 3.74. The van der Waals surface area contributed by atoms with E-state index in [2.05, 4.69) is 22.3 Å². The van der Waals surface area contributed by atoms with Crippen molar-refractivity contribution >= 4 is 23.2 Å². The highest BCUT2D eigenvalue weighted by atomic mass is 19.1. The van der Waals surface area contributed by atoms with E-state index in [4.69, 9.17) is 0 Å². The second-order valence-corrected chi connectivity index (χ2v) is 7.51. The van der Waals surface area contributed by atoms with E-state index in [1.807, 2.05) is 23.1 Å². The van der Waals surface area contributed by atoms with Crippen molar-refractivity contribution in [3.05, 3.63) is 95.8 Å². The van der Waals surface area contributed by atoms with Gasteiger partial charge in [-0.05, 0) is 42.0 Å². The Labute approximate surface area is 181 Å². The van der Waals surface area contributed by atoms with Gasteiger partial charge in [-0.15, -0.1) is 0 Å². The molecule has 6 heteroatoms. The average Bonchev–Trinajstić information content (AvgIpc) is 2.81. The van der Waals surface area contributed by atoms with Crippen LogP contribution in [0, 0.1) is 5.82 Å². The molecule has 158 valence electrons. The summed E-state index contributed by atoms with van der Waals surface area (Å²) in [5.41, 5.74) is 2.83. The fourth-order valence-corrected chi connectivity index (χ4v) is 3.74. The van der Waals surface area contributed by atoms with E-state index in [1.165, 1.54) is 12.1 Å². The Balaban J connectivity index is 1.40. The minimum Gasteiger partial charge on any atom is -0.368 e. The standard InChI is InChI=1S/C25H24FN3O2/c26-20-12-10-19(11-13-20)18-24(30)27-23-9-5-4-8-22(23)25(31)29-16-14-28(15-17-29)21-6-2-1-3-7-21/h1-13H,14-18H2,(H,27,30). The maximum atomic E-state index is 13.2. The molecule has 0 aromatic heterocycles. The second-order valence-electron chi connectivity index (χ2n) is 7.51. The highest BCUT2D eigenvalue weighted by molar-refractivity contribution is 6.04. The first-order valence-corrected chi connectivity index (χ1v) is 10.3. The van der Waals surface area contributed by atoms with Crippen molar-refractivity contribution in [1.29, 1.82) is 0 Å². The van der Waals surface area contributed by atoms with Gasteiger partial charge < -0.3 is 15.1 Å². The van der Waals surface area contributed by atoms with Crippen molar-refractivity contribution in [2.45, 2.75) is 6.42 Å². The van der Waals surface area contributed by atoms with Gasteiger partial charge in [-0.25, -0.2) is 4.39 Å². The number of anilines is 2. The first kappa shape index (κ1) is 20.6. The number of piperazine rings is 1. The highest BCUT2D eigenvalue weighted by Crippen LogP contribution is 2.21. The van der Waals surface area contributed by atoms with E-state index in [0.29, 0.717) is 29.9 Å². The number of nitrogens with zero attached hydrogens (tertiary/aromatic N) is 2. The Bertz CT molecular complexity index is 1050. The van der Waals surface area contributed by atoms with Gasteiger partial charge in [0.2, 0.25) is 5.91 Å². The number of nitrogens with one attached hydrogen (secondary N) is 1. The molecular formula is C25H24FN3O2. The van der Waals surface area contributed by atoms with Crippen LogP contribution in [0.3, 0.4) is 0 Å². The molecule has 5 nitrogen and oxygen atoms in total. The van der Waals surface area contributed by atoms with Gasteiger partial charge in [0.05, 0.1) is 17.7 Å². The largest absolute Gasteiger partial charge is 0.368 e. The summed E-state index contributed by atoms with van der Waals surface area (Å²) < 4.78 is 13.1. The number of hydrogen-bond donors (Lipinski definition) is 1. The molecule has 1 heterocycles. The Morgan fingerprint density at radius 3 is 2.16 bits per heavy atom. The van der Waals surface area contributed by atoms with Crippen LogP contribution in [0.5, 0.6) is 0 Å². The van der Waals surface area contributed by atoms with Gasteiger partial charge >= 0.3 is 0 Å². The number of halogens is 1. The van der Waals surface area contributed by atoms with Gasteiger partial charge in [0, 0.05) is 31.9 Å². The van der Waals surface area contributed by atoms with Crippen molar-refractivity contribution in [2.24, 2.45) is 0 Å². The monoisotopic (exact) mass is 417 g/mol. The minimum absolute atomic E-state index is 0.0922. The van der Waals surface area contributed by atoms with E-state index >= 15 is 0 Å². The van der Waals surface area contributed by atoms with E-state index in [1.54, 1.807) is 36.4 Å². The predicted molar refractivity (Wildman–Crippen MR) is 120 cm³/mol. The summed E-state index contributed by atoms with van der Waals surface area (Å²) in [6, 6.07) is 23.0. The average molecular weight is 417 g/mol. The molecule has 0 saturated carbocycles. The summed E-state index contributed by atoms with van der Waals surface area (Å²) in [7, 11) is 0. The molecule has 1 aliphatic rings. The lowest BCUT2D eigenvalue weighted by atomic mass is 10.1. The van der Waals surface area contributed by atoms with Crippen LogP contribution in [0.2, 0.25) is 0 Å². The number of rotatable bonds is 5. The molecule has 0 aliphatic carbocycles. The fraction of sp³-hybridized carbons (Fsp3) is 0.200. The minimum atomic E-state index is -0.340. The van der Waals surface area contributed by atoms with Crippen LogP contribution in [-0.4, -0.2) is 42.9 Å². The van der Waals surface area contributed by atoms with Gasteiger partial charge in [0.15, 0.2) is 0 Å². The molecule has 0 radical (unpaired) electrons. The highest BCUT2D eigenvalue weighted by Gasteiger charge is 2.24. The Kier molecular flexibility index (Phi) is 6.26. The zero-order valence-corrected chi connectivity index (χ0v) is 17.1. The summed E-state index contributed by atoms with van der Waals surface area (Å²) in [4.78, 5) is 29.7. The molecule has 3 aromatic carbocycles. The predicted octanol–water partition coefficient (Wildman–Crippen LogP) is 3.97. The van der Waals surface area contributed by atoms with Gasteiger partial charge in [0.25, 0.3) is 5.91 Å². The van der Waals surface area contributed by atoms with Crippen LogP contribution < -0.4 is 10.2 Å². The summed E-state index contributed by atoms with van der Waals surface area (Å²) in [6.07, 6.45) is 0.110. The van der Waals surface area contributed by atoms with Crippen LogP contribution in [0.25, 0.3) is 0 Å². The lowest BCUT2D eigenvalue weighted by Crippen LogP contribution is -2.48. The van der Waals surface area contributed by atoms with Crippen LogP contribution >= 0.6 is 0 Å². The van der Waals surface area contributed by atoms with Gasteiger partial charge in [-0.1, -0.05) is 42.5 Å². The van der Waals surface area contributed by atoms with Crippen molar-refractivity contribution in [2.75, 3.05) is 36.4 Å². The zero-order valence-electron chi connectivity index (χ0n) is 17.1. The first-order valence-electron chi connectivity index (χ1n) is 10.3. The van der Waals surface area contributed by atoms with Gasteiger partial charge in [-0.2, -0.15) is 0 Å². The van der Waals surface area contributed by atoms with Crippen molar-refractivity contribution in [3.63, 3.8) is 0 Å². The summed E-state index contributed by atoms with van der Waals surface area (Å²) in [6.45, 7) is 2.75. The second kappa shape index (κ2) is 9.43. The number of carbonyl (C=O) groups excluding carboxylic acids is 2. The molecule has 1 saturated heterocycles. The third-order valence-corrected chi connectivity index (χ3v) is 5.40. The molecule has 0 unspecified atom stereocenters. The van der Waals surface area contributed by atoms with E-state index < -0.39 is 0 Å². The van der Waals surface area contributed by atoms with Crippen molar-refractivity contribution in [1.82, 2.24) is 4.90 Å². The Morgan fingerprint density at radius 1 is 0.806 bits per heavy atom. The number of amides is 2. The maximum absolute atomic E-state index is 13.2. The Hall–Kier alpha value is -3.67. The lowest BCUT2D eigenvalue weighted by Gasteiger charge is -2.36. The topological polar surface area (TPSA) is 52.7 Å². The number of benzene rings is 3. The van der Waals surface area contributed by atoms with Crippen molar-refractivity contribution < 1.29 is 14.0 Å². The van der Waals surface area contributed by atoms with E-state index in [0.717, 1.165) is 18.8 Å². The number of para-hydroxylation sites is 2. The third-order valence-electron chi connectivity index (χ3n) is 5.40. The molecule has 2 amide bonds. The zero-order chi connectivity index (χ0) is 21.6. The number of hydrogen-bond acceptors (Lipinski definition) is 3. The molecular weight excluding hydrogens is 393 g/mol. The molecule has 31 heavy (non-hydrogen) atoms. The first-order chi connectivity index (χ1) is 15.1. The quantitative estimate of drug-likeness (QED) is 0.684. The molecule has 0 bridgehead atoms. The SMILES string of the molecule is O=C(Cc1ccc(F)cc1)Nc1ccccc1C(=O)N1CCN(c2ccccc2)CC1. The van der Waals surface area contributed by atoms with E-state index in [-0.39, 0.29) is 24.1 Å². The smallest absolute Gasteiger partial charge is 0.256 e. The molecule has 1 N–H and O–H groups in total. The molecule has 4 rings (SSSR count). The van der Waals surface area contributed by atoms with Crippen molar-refractivity contribution in [3.8, 4) is 0 Å². The summed E-state index contributed by atoms with van der Waals surface area (Å²) >= 11 is 0. The third kappa shape index (κ3) is 5.09. The van der Waals surface area contributed by atoms with Crippen LogP contribution in [-0.2, 0) is 11.2 Å². The van der Waals surface area contributed by atoms with Crippen LogP contribution in [0.4, 0.5) is 15.8 Å². The maximum Gasteiger partial charge on any atom is 0.256 e. The molecule has 1 fully saturated rings. The summed E-state index contributed by atoms with van der Waals surface area (Å²) in [5.74, 6) is -0.682. The molecule has 1 aliphatic heterocycles. The molecule has 0 spiro atoms. The number of carbonyl (C=O) groups is 2. The summed E-state index contributed by atoms with van der Waals surface area (Å²) in [5, 5.41) is 2.84. The lowest BCUT2D eigenvalue weighted by molar-refractivity contribution is -0.115. The van der Waals surface area contributed by atoms with Gasteiger partial charge in [0.1, 0.15) is 5.82 Å². The normalized spacial score (nSPS) is 13.7. The Morgan fingerprint density at radius 2 is 1.45 bits per heavy atom. The van der Waals surface area contributed by atoms with E-state index in [9.17, 15) is 14.0 Å². The van der Waals surface area contributed by atoms with Crippen LogP contribution in [0.15, 0.2) is 78.9 Å².